The minimum atomic E-state index is 0.0783. The van der Waals surface area contributed by atoms with E-state index in [2.05, 4.69) is 59.2 Å². The van der Waals surface area contributed by atoms with Crippen molar-refractivity contribution in [3.8, 4) is 11.1 Å². The molecule has 0 aliphatic carbocycles. The number of carbonyl (C=O) groups is 1. The first-order chi connectivity index (χ1) is 14.6. The van der Waals surface area contributed by atoms with E-state index < -0.39 is 0 Å². The van der Waals surface area contributed by atoms with Gasteiger partial charge in [-0.1, -0.05) is 24.3 Å². The van der Waals surface area contributed by atoms with E-state index in [0.29, 0.717) is 0 Å². The third kappa shape index (κ3) is 4.09. The molecule has 6 nitrogen and oxygen atoms in total. The fraction of sp³-hybridized carbons (Fsp3) is 0.333. The second kappa shape index (κ2) is 8.71. The van der Waals surface area contributed by atoms with Gasteiger partial charge >= 0.3 is 0 Å². The predicted octanol–water partition coefficient (Wildman–Crippen LogP) is 4.07. The van der Waals surface area contributed by atoms with Crippen LogP contribution in [0.25, 0.3) is 11.1 Å². The molecule has 3 aromatic rings. The molecule has 30 heavy (non-hydrogen) atoms. The second-order valence-electron chi connectivity index (χ2n) is 7.91. The minimum absolute atomic E-state index is 0.0783. The van der Waals surface area contributed by atoms with Crippen LogP contribution in [0.1, 0.15) is 31.9 Å². The van der Waals surface area contributed by atoms with Crippen LogP contribution in [0.3, 0.4) is 0 Å². The maximum atomic E-state index is 12.4. The van der Waals surface area contributed by atoms with E-state index in [1.54, 1.807) is 6.92 Å². The molecule has 2 N–H and O–H groups in total. The van der Waals surface area contributed by atoms with E-state index in [9.17, 15) is 4.79 Å². The van der Waals surface area contributed by atoms with E-state index >= 15 is 0 Å². The Kier molecular flexibility index (Phi) is 5.86. The van der Waals surface area contributed by atoms with Gasteiger partial charge in [0.2, 0.25) is 5.91 Å². The average molecular weight is 404 g/mol. The van der Waals surface area contributed by atoms with Gasteiger partial charge in [-0.3, -0.25) is 9.48 Å². The Bertz CT molecular complexity index is 1010. The molecule has 0 saturated heterocycles. The molecule has 1 aliphatic rings. The highest BCUT2D eigenvalue weighted by atomic mass is 16.2. The summed E-state index contributed by atoms with van der Waals surface area (Å²) in [6, 6.07) is 16.9. The molecule has 0 fully saturated rings. The lowest BCUT2D eigenvalue weighted by Crippen LogP contribution is -2.43. The maximum Gasteiger partial charge on any atom is 0.224 e. The van der Waals surface area contributed by atoms with E-state index in [4.69, 9.17) is 0 Å². The number of likely N-dealkylation sites (N-methyl/N-ethyl adjacent to an activating group) is 1. The number of amides is 1. The van der Waals surface area contributed by atoms with E-state index in [0.717, 1.165) is 47.6 Å². The molecule has 2 aromatic carbocycles. The van der Waals surface area contributed by atoms with Gasteiger partial charge in [0.15, 0.2) is 0 Å². The number of hydrogen-bond donors (Lipinski definition) is 2. The highest BCUT2D eigenvalue weighted by molar-refractivity contribution is 5.94. The van der Waals surface area contributed by atoms with Gasteiger partial charge in [0.1, 0.15) is 0 Å². The Balaban J connectivity index is 1.71. The van der Waals surface area contributed by atoms with Crippen LogP contribution < -0.4 is 15.5 Å². The topological polar surface area (TPSA) is 62.2 Å². The molecule has 156 valence electrons. The average Bonchev–Trinajstić information content (AvgIpc) is 3.21. The van der Waals surface area contributed by atoms with Crippen molar-refractivity contribution in [3.05, 3.63) is 66.5 Å². The van der Waals surface area contributed by atoms with Crippen LogP contribution in [0.4, 0.5) is 11.4 Å². The van der Waals surface area contributed by atoms with E-state index in [1.165, 1.54) is 0 Å². The predicted molar refractivity (Wildman–Crippen MR) is 122 cm³/mol. The zero-order chi connectivity index (χ0) is 21.1. The number of para-hydroxylation sites is 1. The van der Waals surface area contributed by atoms with Gasteiger partial charge in [-0.25, -0.2) is 0 Å². The first-order valence-corrected chi connectivity index (χ1v) is 10.5. The molecule has 0 radical (unpaired) electrons. The molecule has 0 spiro atoms. The number of anilines is 2. The van der Waals surface area contributed by atoms with E-state index in [1.807, 2.05) is 41.0 Å². The van der Waals surface area contributed by atoms with Gasteiger partial charge in [-0.05, 0) is 55.8 Å². The van der Waals surface area contributed by atoms with Crippen molar-refractivity contribution in [3.63, 3.8) is 0 Å². The maximum absolute atomic E-state index is 12.4. The molecular formula is C24H29N5O. The third-order valence-corrected chi connectivity index (χ3v) is 5.69. The molecule has 2 unspecified atom stereocenters. The Hall–Kier alpha value is -3.12. The SMILES string of the molecule is CNCCn1cc(-c2ccc3c(c2)C(Nc2ccccc2)CC(C)N3C(C)=O)cn1. The molecular weight excluding hydrogens is 374 g/mol. The first kappa shape index (κ1) is 20.2. The van der Waals surface area contributed by atoms with Gasteiger partial charge in [-0.15, -0.1) is 0 Å². The highest BCUT2D eigenvalue weighted by Crippen LogP contribution is 2.41. The molecule has 2 atom stereocenters. The number of nitrogens with one attached hydrogen (secondary N) is 2. The van der Waals surface area contributed by atoms with Crippen LogP contribution >= 0.6 is 0 Å². The summed E-state index contributed by atoms with van der Waals surface area (Å²) in [6.45, 7) is 5.46. The molecule has 1 amide bonds. The summed E-state index contributed by atoms with van der Waals surface area (Å²) >= 11 is 0. The lowest BCUT2D eigenvalue weighted by Gasteiger charge is -2.39. The van der Waals surface area contributed by atoms with Crippen LogP contribution in [0.2, 0.25) is 0 Å². The van der Waals surface area contributed by atoms with Gasteiger partial charge < -0.3 is 15.5 Å². The number of fused-ring (bicyclic) bond motifs is 1. The summed E-state index contributed by atoms with van der Waals surface area (Å²) < 4.78 is 1.95. The summed E-state index contributed by atoms with van der Waals surface area (Å²) in [5.41, 5.74) is 5.42. The zero-order valence-corrected chi connectivity index (χ0v) is 17.8. The van der Waals surface area contributed by atoms with Gasteiger partial charge in [-0.2, -0.15) is 5.10 Å². The number of aromatic nitrogens is 2. The highest BCUT2D eigenvalue weighted by Gasteiger charge is 2.32. The smallest absolute Gasteiger partial charge is 0.224 e. The van der Waals surface area contributed by atoms with Crippen LogP contribution in [-0.4, -0.2) is 35.3 Å². The Labute approximate surface area is 177 Å². The summed E-state index contributed by atoms with van der Waals surface area (Å²) in [7, 11) is 1.94. The Morgan fingerprint density at radius 2 is 1.97 bits per heavy atom. The first-order valence-electron chi connectivity index (χ1n) is 10.5. The molecule has 0 bridgehead atoms. The summed E-state index contributed by atoms with van der Waals surface area (Å²) in [6.07, 6.45) is 4.84. The summed E-state index contributed by atoms with van der Waals surface area (Å²) in [5.74, 6) is 0.0783. The number of hydrogen-bond acceptors (Lipinski definition) is 4. The zero-order valence-electron chi connectivity index (χ0n) is 17.8. The lowest BCUT2D eigenvalue weighted by molar-refractivity contribution is -0.117. The van der Waals surface area contributed by atoms with Crippen LogP contribution in [0, 0.1) is 0 Å². The summed E-state index contributed by atoms with van der Waals surface area (Å²) in [4.78, 5) is 14.3. The number of carbonyl (C=O) groups excluding carboxylic acids is 1. The van der Waals surface area contributed by atoms with Crippen molar-refractivity contribution in [2.24, 2.45) is 0 Å². The van der Waals surface area contributed by atoms with Crippen molar-refractivity contribution in [1.29, 1.82) is 0 Å². The van der Waals surface area contributed by atoms with E-state index in [-0.39, 0.29) is 18.0 Å². The number of benzene rings is 2. The van der Waals surface area contributed by atoms with Crippen LogP contribution in [-0.2, 0) is 11.3 Å². The Morgan fingerprint density at radius 3 is 2.70 bits per heavy atom. The van der Waals surface area contributed by atoms with Crippen molar-refractivity contribution in [2.45, 2.75) is 38.9 Å². The van der Waals surface area contributed by atoms with Crippen molar-refractivity contribution < 1.29 is 4.79 Å². The molecule has 4 rings (SSSR count). The molecule has 2 heterocycles. The van der Waals surface area contributed by atoms with Crippen molar-refractivity contribution in [2.75, 3.05) is 23.8 Å². The number of rotatable bonds is 6. The fourth-order valence-corrected chi connectivity index (χ4v) is 4.26. The molecule has 6 heteroatoms. The van der Waals surface area contributed by atoms with Crippen LogP contribution in [0.15, 0.2) is 60.9 Å². The lowest BCUT2D eigenvalue weighted by atomic mass is 9.89. The second-order valence-corrected chi connectivity index (χ2v) is 7.91. The standard InChI is InChI=1S/C24H29N5O/c1-17-13-23(27-21-7-5-4-6-8-21)22-14-19(9-10-24(22)29(17)18(2)30)20-15-26-28(16-20)12-11-25-3/h4-10,14-17,23,25,27H,11-13H2,1-3H3. The normalized spacial score (nSPS) is 18.2. The molecule has 1 aromatic heterocycles. The van der Waals surface area contributed by atoms with Gasteiger partial charge in [0.25, 0.3) is 0 Å². The monoisotopic (exact) mass is 403 g/mol. The largest absolute Gasteiger partial charge is 0.378 e. The van der Waals surface area contributed by atoms with Gasteiger partial charge in [0.05, 0.1) is 18.8 Å². The Morgan fingerprint density at radius 1 is 1.17 bits per heavy atom. The van der Waals surface area contributed by atoms with Crippen LogP contribution in [0.5, 0.6) is 0 Å². The molecule has 1 aliphatic heterocycles. The minimum Gasteiger partial charge on any atom is -0.378 e. The number of nitrogens with zero attached hydrogens (tertiary/aromatic N) is 3. The quantitative estimate of drug-likeness (QED) is 0.651. The van der Waals surface area contributed by atoms with Crippen molar-refractivity contribution >= 4 is 17.3 Å². The third-order valence-electron chi connectivity index (χ3n) is 5.69. The summed E-state index contributed by atoms with van der Waals surface area (Å²) in [5, 5.41) is 11.3. The molecule has 0 saturated carbocycles. The van der Waals surface area contributed by atoms with Gasteiger partial charge in [0, 0.05) is 42.6 Å². The van der Waals surface area contributed by atoms with Crippen molar-refractivity contribution in [1.82, 2.24) is 15.1 Å². The fourth-order valence-electron chi connectivity index (χ4n) is 4.26.